The summed E-state index contributed by atoms with van der Waals surface area (Å²) >= 11 is 0. The first kappa shape index (κ1) is 31.9. The van der Waals surface area contributed by atoms with E-state index in [2.05, 4.69) is 133 Å². The van der Waals surface area contributed by atoms with Crippen LogP contribution >= 0.6 is 0 Å². The maximum Gasteiger partial charge on any atom is 0.0346 e. The van der Waals surface area contributed by atoms with E-state index in [0.29, 0.717) is 0 Å². The minimum Gasteiger partial charge on any atom is -0.264 e. The molecule has 4 heteroatoms. The molecule has 0 N–H and O–H groups in total. The zero-order chi connectivity index (χ0) is 39.1. The van der Waals surface area contributed by atoms with Crippen molar-refractivity contribution in [3.05, 3.63) is 183 Å². The molecule has 14 rings (SSSR count). The largest absolute Gasteiger partial charge is 0.264 e. The Hall–Kier alpha value is -8.08. The highest BCUT2D eigenvalue weighted by Gasteiger charge is 2.38. The Morgan fingerprint density at radius 2 is 0.633 bits per heavy atom. The highest BCUT2D eigenvalue weighted by molar-refractivity contribution is 6.36. The van der Waals surface area contributed by atoms with Crippen molar-refractivity contribution >= 4 is 21.5 Å². The second kappa shape index (κ2) is 11.8. The standard InChI is InChI=1S/C56H30N4/c1-13-36-35-25-44-37-14-2-17-40(47(37)32-10-6-22-58-28-32)52-53-42-19-4-20-43(49(42)34-12-8-24-60-30-34)55(52)56-45(26-35)50(44)38-15-3-18-41(48(38)33-11-7-23-59-29-33)54(56)51(53)39(16-1)46(36)31-9-5-21-57-27-31/h1-30H. The van der Waals surface area contributed by atoms with E-state index >= 15 is 0 Å². The van der Waals surface area contributed by atoms with Crippen molar-refractivity contribution in [2.24, 2.45) is 0 Å². The average Bonchev–Trinajstić information content (AvgIpc) is 3.37. The lowest BCUT2D eigenvalue weighted by Crippen LogP contribution is -2.02. The SMILES string of the molecule is c1cncc(-c2c3cccc2-c2c4c5c6c(c2-c2cc(cc(c2-3)-c2cccc-6c2-c2cccnc2)-c2cccc-4c2-c2cccnc2)c2cccc5c2-c2cccnc2)c1. The lowest BCUT2D eigenvalue weighted by atomic mass is 9.73. The van der Waals surface area contributed by atoms with Crippen molar-refractivity contribution in [1.29, 1.82) is 0 Å². The molecule has 0 unspecified atom stereocenters. The molecule has 0 saturated heterocycles. The molecule has 4 nitrogen and oxygen atoms in total. The molecule has 274 valence electrons. The summed E-state index contributed by atoms with van der Waals surface area (Å²) in [5.74, 6) is 0. The van der Waals surface area contributed by atoms with Gasteiger partial charge >= 0.3 is 0 Å². The van der Waals surface area contributed by atoms with E-state index in [1.165, 1.54) is 122 Å². The van der Waals surface area contributed by atoms with Crippen LogP contribution in [0.2, 0.25) is 0 Å². The van der Waals surface area contributed by atoms with Crippen molar-refractivity contribution < 1.29 is 0 Å². The Morgan fingerprint density at radius 3 is 1.18 bits per heavy atom. The van der Waals surface area contributed by atoms with Gasteiger partial charge in [0.05, 0.1) is 0 Å². The van der Waals surface area contributed by atoms with E-state index in [9.17, 15) is 0 Å². The molecule has 0 aliphatic heterocycles. The van der Waals surface area contributed by atoms with Crippen LogP contribution in [0.15, 0.2) is 183 Å². The normalized spacial score (nSPS) is 12.3. The molecular formula is C56H30N4. The average molecular weight is 759 g/mol. The zero-order valence-electron chi connectivity index (χ0n) is 32.1. The zero-order valence-corrected chi connectivity index (χ0v) is 32.1. The van der Waals surface area contributed by atoms with Crippen molar-refractivity contribution in [2.75, 3.05) is 0 Å². The summed E-state index contributed by atoms with van der Waals surface area (Å²) in [6.07, 6.45) is 15.6. The number of pyridine rings is 4. The highest BCUT2D eigenvalue weighted by Crippen LogP contribution is 2.65. The molecule has 7 aromatic carbocycles. The van der Waals surface area contributed by atoms with E-state index in [0.717, 1.165) is 22.3 Å². The van der Waals surface area contributed by atoms with Gasteiger partial charge in [0.25, 0.3) is 0 Å². The molecule has 0 radical (unpaired) electrons. The van der Waals surface area contributed by atoms with Gasteiger partial charge in [0, 0.05) is 71.8 Å². The first-order valence-electron chi connectivity index (χ1n) is 20.4. The predicted molar refractivity (Wildman–Crippen MR) is 244 cm³/mol. The molecule has 0 atom stereocenters. The first-order chi connectivity index (χ1) is 29.8. The highest BCUT2D eigenvalue weighted by atomic mass is 14.6. The van der Waals surface area contributed by atoms with E-state index in [1.54, 1.807) is 0 Å². The number of nitrogens with zero attached hydrogens (tertiary/aromatic N) is 4. The van der Waals surface area contributed by atoms with Gasteiger partial charge < -0.3 is 0 Å². The summed E-state index contributed by atoms with van der Waals surface area (Å²) in [6, 6.07) is 49.8. The van der Waals surface area contributed by atoms with Gasteiger partial charge in [-0.15, -0.1) is 0 Å². The number of fused-ring (bicyclic) bond motifs is 14. The fourth-order valence-corrected chi connectivity index (χ4v) is 11.1. The van der Waals surface area contributed by atoms with Crippen LogP contribution in [0.1, 0.15) is 0 Å². The van der Waals surface area contributed by atoms with E-state index in [-0.39, 0.29) is 0 Å². The van der Waals surface area contributed by atoms with Crippen molar-refractivity contribution in [1.82, 2.24) is 19.9 Å². The third kappa shape index (κ3) is 4.04. The predicted octanol–water partition coefficient (Wildman–Crippen LogP) is 14.3. The first-order valence-corrected chi connectivity index (χ1v) is 20.4. The molecule has 18 bridgehead atoms. The van der Waals surface area contributed by atoms with Crippen LogP contribution in [-0.2, 0) is 0 Å². The summed E-state index contributed by atoms with van der Waals surface area (Å²) in [5, 5.41) is 4.88. The van der Waals surface area contributed by atoms with E-state index in [4.69, 9.17) is 19.9 Å². The molecule has 11 aromatic rings. The van der Waals surface area contributed by atoms with Gasteiger partial charge in [-0.25, -0.2) is 0 Å². The topological polar surface area (TPSA) is 51.6 Å². The number of benzene rings is 7. The van der Waals surface area contributed by atoms with Crippen LogP contribution in [0.4, 0.5) is 0 Å². The Balaban J connectivity index is 1.37. The molecule has 0 spiro atoms. The van der Waals surface area contributed by atoms with Crippen LogP contribution in [0.25, 0.3) is 144 Å². The summed E-state index contributed by atoms with van der Waals surface area (Å²) in [6.45, 7) is 0. The van der Waals surface area contributed by atoms with Crippen LogP contribution in [0, 0.1) is 0 Å². The van der Waals surface area contributed by atoms with Crippen LogP contribution in [0.5, 0.6) is 0 Å². The molecular weight excluding hydrogens is 729 g/mol. The lowest BCUT2D eigenvalue weighted by molar-refractivity contribution is 1.33. The van der Waals surface area contributed by atoms with Crippen molar-refractivity contribution in [3.63, 3.8) is 0 Å². The molecule has 60 heavy (non-hydrogen) atoms. The number of hydrogen-bond acceptors (Lipinski definition) is 4. The molecule has 3 aliphatic carbocycles. The van der Waals surface area contributed by atoms with Crippen LogP contribution in [-0.4, -0.2) is 19.9 Å². The fourth-order valence-electron chi connectivity index (χ4n) is 11.1. The Bertz CT molecular complexity index is 3620. The second-order valence-corrected chi connectivity index (χ2v) is 16.1. The van der Waals surface area contributed by atoms with Crippen molar-refractivity contribution in [3.8, 4) is 122 Å². The Morgan fingerprint density at radius 1 is 0.233 bits per heavy atom. The van der Waals surface area contributed by atoms with E-state index < -0.39 is 0 Å². The van der Waals surface area contributed by atoms with Gasteiger partial charge in [-0.1, -0.05) is 97.1 Å². The maximum atomic E-state index is 4.75. The van der Waals surface area contributed by atoms with Gasteiger partial charge in [-0.05, 0) is 158 Å². The molecule has 0 saturated carbocycles. The number of aromatic nitrogens is 4. The van der Waals surface area contributed by atoms with Crippen molar-refractivity contribution in [2.45, 2.75) is 0 Å². The van der Waals surface area contributed by atoms with Crippen LogP contribution < -0.4 is 0 Å². The van der Waals surface area contributed by atoms with Gasteiger partial charge in [0.2, 0.25) is 0 Å². The minimum absolute atomic E-state index is 1.09. The summed E-state index contributed by atoms with van der Waals surface area (Å²) < 4.78 is 0. The lowest BCUT2D eigenvalue weighted by Gasteiger charge is -2.29. The monoisotopic (exact) mass is 758 g/mol. The number of hydrogen-bond donors (Lipinski definition) is 0. The Kier molecular flexibility index (Phi) is 6.26. The molecule has 3 aliphatic rings. The van der Waals surface area contributed by atoms with Gasteiger partial charge in [-0.3, -0.25) is 19.9 Å². The van der Waals surface area contributed by atoms with Crippen LogP contribution in [0.3, 0.4) is 0 Å². The van der Waals surface area contributed by atoms with E-state index in [1.807, 2.05) is 49.6 Å². The molecule has 4 heterocycles. The molecule has 0 fully saturated rings. The van der Waals surface area contributed by atoms with Gasteiger partial charge in [-0.2, -0.15) is 0 Å². The third-order valence-corrected chi connectivity index (χ3v) is 13.2. The second-order valence-electron chi connectivity index (χ2n) is 16.1. The molecule has 4 aromatic heterocycles. The summed E-state index contributed by atoms with van der Waals surface area (Å²) in [4.78, 5) is 18.9. The molecule has 0 amide bonds. The fraction of sp³-hybridized carbons (Fsp3) is 0. The van der Waals surface area contributed by atoms with Gasteiger partial charge in [0.1, 0.15) is 0 Å². The summed E-state index contributed by atoms with van der Waals surface area (Å²) in [5.41, 5.74) is 26.1. The number of rotatable bonds is 4. The van der Waals surface area contributed by atoms with Gasteiger partial charge in [0.15, 0.2) is 0 Å². The summed E-state index contributed by atoms with van der Waals surface area (Å²) in [7, 11) is 0. The maximum absolute atomic E-state index is 4.75. The quantitative estimate of drug-likeness (QED) is 0.179. The Labute approximate surface area is 345 Å². The third-order valence-electron chi connectivity index (χ3n) is 13.2. The smallest absolute Gasteiger partial charge is 0.0346 e. The minimum atomic E-state index is 1.09.